The Morgan fingerprint density at radius 3 is 2.22 bits per heavy atom. The molecule has 2 unspecified atom stereocenters. The molecular weight excluding hydrogens is 224 g/mol. The first-order valence-electron chi connectivity index (χ1n) is 6.98. The maximum atomic E-state index is 10.2. The summed E-state index contributed by atoms with van der Waals surface area (Å²) in [7, 11) is 1.96. The Hall–Kier alpha value is -0.830. The Kier molecular flexibility index (Phi) is 5.39. The van der Waals surface area contributed by atoms with Gasteiger partial charge >= 0.3 is 0 Å². The van der Waals surface area contributed by atoms with Crippen LogP contribution in [-0.4, -0.2) is 21.0 Å². The molecule has 0 radical (unpaired) electrons. The maximum absolute atomic E-state index is 10.2. The molecule has 0 bridgehead atoms. The highest BCUT2D eigenvalue weighted by Gasteiger charge is 2.16. The van der Waals surface area contributed by atoms with Crippen molar-refractivity contribution in [1.82, 2.24) is 9.78 Å². The molecule has 3 heteroatoms. The van der Waals surface area contributed by atoms with Gasteiger partial charge in [-0.15, -0.1) is 0 Å². The number of nitrogens with zero attached hydrogens (tertiary/aromatic N) is 2. The summed E-state index contributed by atoms with van der Waals surface area (Å²) in [6.07, 6.45) is 2.54. The summed E-state index contributed by atoms with van der Waals surface area (Å²) in [6.45, 7) is 10.8. The molecule has 1 aromatic heterocycles. The quantitative estimate of drug-likeness (QED) is 0.845. The van der Waals surface area contributed by atoms with Crippen LogP contribution in [-0.2, 0) is 13.5 Å². The van der Waals surface area contributed by atoms with Crippen LogP contribution in [0.1, 0.15) is 50.6 Å². The number of aromatic nitrogens is 2. The molecule has 1 heterocycles. The Morgan fingerprint density at radius 2 is 1.78 bits per heavy atom. The van der Waals surface area contributed by atoms with E-state index in [1.165, 1.54) is 17.7 Å². The van der Waals surface area contributed by atoms with E-state index in [0.29, 0.717) is 11.8 Å². The molecule has 1 aromatic rings. The summed E-state index contributed by atoms with van der Waals surface area (Å²) in [5.74, 6) is 1.28. The summed E-state index contributed by atoms with van der Waals surface area (Å²) in [4.78, 5) is 0. The second-order valence-corrected chi connectivity index (χ2v) is 6.10. The van der Waals surface area contributed by atoms with E-state index in [2.05, 4.69) is 32.8 Å². The molecule has 0 saturated heterocycles. The lowest BCUT2D eigenvalue weighted by Crippen LogP contribution is -2.16. The van der Waals surface area contributed by atoms with E-state index in [4.69, 9.17) is 0 Å². The monoisotopic (exact) mass is 252 g/mol. The lowest BCUT2D eigenvalue weighted by atomic mass is 9.91. The van der Waals surface area contributed by atoms with Gasteiger partial charge in [-0.3, -0.25) is 4.68 Å². The van der Waals surface area contributed by atoms with Gasteiger partial charge in [-0.25, -0.2) is 0 Å². The first kappa shape index (κ1) is 15.2. The molecule has 0 aliphatic carbocycles. The van der Waals surface area contributed by atoms with E-state index < -0.39 is 0 Å². The van der Waals surface area contributed by atoms with Gasteiger partial charge in [0.2, 0.25) is 0 Å². The molecule has 0 aliphatic heterocycles. The van der Waals surface area contributed by atoms with Crippen LogP contribution in [0.15, 0.2) is 0 Å². The van der Waals surface area contributed by atoms with Crippen molar-refractivity contribution in [3.63, 3.8) is 0 Å². The van der Waals surface area contributed by atoms with Crippen molar-refractivity contribution < 1.29 is 5.11 Å². The predicted octanol–water partition coefficient (Wildman–Crippen LogP) is 3.01. The van der Waals surface area contributed by atoms with Crippen LogP contribution in [0.3, 0.4) is 0 Å². The SMILES string of the molecule is Cc1nn(C)c(C)c1CC(O)CC(C)CC(C)C. The molecule has 104 valence electrons. The van der Waals surface area contributed by atoms with Crippen molar-refractivity contribution in [1.29, 1.82) is 0 Å². The van der Waals surface area contributed by atoms with E-state index in [1.807, 2.05) is 18.7 Å². The second-order valence-electron chi connectivity index (χ2n) is 6.10. The minimum atomic E-state index is -0.250. The van der Waals surface area contributed by atoms with Crippen LogP contribution < -0.4 is 0 Å². The van der Waals surface area contributed by atoms with Gasteiger partial charge in [-0.2, -0.15) is 5.10 Å². The zero-order valence-corrected chi connectivity index (χ0v) is 12.7. The first-order chi connectivity index (χ1) is 8.31. The predicted molar refractivity (Wildman–Crippen MR) is 75.6 cm³/mol. The van der Waals surface area contributed by atoms with Gasteiger partial charge in [-0.1, -0.05) is 20.8 Å². The molecule has 0 saturated carbocycles. The fourth-order valence-corrected chi connectivity index (χ4v) is 2.80. The van der Waals surface area contributed by atoms with Crippen LogP contribution in [0.25, 0.3) is 0 Å². The highest BCUT2D eigenvalue weighted by atomic mass is 16.3. The smallest absolute Gasteiger partial charge is 0.0629 e. The normalized spacial score (nSPS) is 15.1. The Balaban J connectivity index is 2.56. The average Bonchev–Trinajstić information content (AvgIpc) is 2.43. The van der Waals surface area contributed by atoms with Gasteiger partial charge in [0.25, 0.3) is 0 Å². The Bertz CT molecular complexity index is 382. The summed E-state index contributed by atoms with van der Waals surface area (Å²) in [5, 5.41) is 14.6. The third kappa shape index (κ3) is 4.13. The van der Waals surface area contributed by atoms with Gasteiger partial charge in [-0.05, 0) is 44.1 Å². The highest BCUT2D eigenvalue weighted by molar-refractivity contribution is 5.25. The summed E-state index contributed by atoms with van der Waals surface area (Å²) in [5.41, 5.74) is 3.43. The fraction of sp³-hybridized carbons (Fsp3) is 0.800. The fourth-order valence-electron chi connectivity index (χ4n) is 2.80. The molecule has 0 aromatic carbocycles. The van der Waals surface area contributed by atoms with Crippen LogP contribution in [0.5, 0.6) is 0 Å². The Morgan fingerprint density at radius 1 is 1.17 bits per heavy atom. The number of aliphatic hydroxyl groups excluding tert-OH is 1. The number of rotatable bonds is 6. The third-order valence-electron chi connectivity index (χ3n) is 3.65. The van der Waals surface area contributed by atoms with Crippen molar-refractivity contribution in [2.45, 2.75) is 60.0 Å². The minimum absolute atomic E-state index is 0.250. The number of aryl methyl sites for hydroxylation is 2. The van der Waals surface area contributed by atoms with E-state index in [0.717, 1.165) is 18.5 Å². The summed E-state index contributed by atoms with van der Waals surface area (Å²) < 4.78 is 1.90. The minimum Gasteiger partial charge on any atom is -0.393 e. The zero-order chi connectivity index (χ0) is 13.9. The maximum Gasteiger partial charge on any atom is 0.0629 e. The van der Waals surface area contributed by atoms with Gasteiger partial charge in [0.1, 0.15) is 0 Å². The number of hydrogen-bond acceptors (Lipinski definition) is 2. The largest absolute Gasteiger partial charge is 0.393 e. The molecule has 1 rings (SSSR count). The second kappa shape index (κ2) is 6.37. The van der Waals surface area contributed by atoms with Crippen LogP contribution in [0.2, 0.25) is 0 Å². The van der Waals surface area contributed by atoms with Gasteiger partial charge < -0.3 is 5.11 Å². The van der Waals surface area contributed by atoms with Crippen LogP contribution in [0.4, 0.5) is 0 Å². The molecule has 0 aliphatic rings. The molecule has 0 fully saturated rings. The van der Waals surface area contributed by atoms with Crippen molar-refractivity contribution in [3.05, 3.63) is 17.0 Å². The van der Waals surface area contributed by atoms with Gasteiger partial charge in [0.15, 0.2) is 0 Å². The third-order valence-corrected chi connectivity index (χ3v) is 3.65. The van der Waals surface area contributed by atoms with E-state index in [1.54, 1.807) is 0 Å². The first-order valence-corrected chi connectivity index (χ1v) is 6.98. The van der Waals surface area contributed by atoms with Crippen molar-refractivity contribution >= 4 is 0 Å². The molecule has 2 atom stereocenters. The molecule has 3 nitrogen and oxygen atoms in total. The topological polar surface area (TPSA) is 38.0 Å². The van der Waals surface area contributed by atoms with Gasteiger partial charge in [0.05, 0.1) is 11.8 Å². The lowest BCUT2D eigenvalue weighted by Gasteiger charge is -2.18. The van der Waals surface area contributed by atoms with Crippen molar-refractivity contribution in [2.24, 2.45) is 18.9 Å². The molecular formula is C15H28N2O. The van der Waals surface area contributed by atoms with Crippen molar-refractivity contribution in [2.75, 3.05) is 0 Å². The van der Waals surface area contributed by atoms with Crippen LogP contribution >= 0.6 is 0 Å². The molecule has 0 spiro atoms. The van der Waals surface area contributed by atoms with E-state index >= 15 is 0 Å². The average molecular weight is 252 g/mol. The van der Waals surface area contributed by atoms with E-state index in [-0.39, 0.29) is 6.10 Å². The summed E-state index contributed by atoms with van der Waals surface area (Å²) >= 11 is 0. The van der Waals surface area contributed by atoms with E-state index in [9.17, 15) is 5.11 Å². The number of aliphatic hydroxyl groups is 1. The Labute approximate surface area is 111 Å². The van der Waals surface area contributed by atoms with Gasteiger partial charge in [0, 0.05) is 19.2 Å². The lowest BCUT2D eigenvalue weighted by molar-refractivity contribution is 0.140. The highest BCUT2D eigenvalue weighted by Crippen LogP contribution is 2.20. The summed E-state index contributed by atoms with van der Waals surface area (Å²) in [6, 6.07) is 0. The standard InChI is InChI=1S/C15H28N2O/c1-10(2)7-11(3)8-14(18)9-15-12(4)16-17(6)13(15)5/h10-11,14,18H,7-9H2,1-6H3. The molecule has 1 N–H and O–H groups in total. The van der Waals surface area contributed by atoms with Crippen LogP contribution in [0, 0.1) is 25.7 Å². The zero-order valence-electron chi connectivity index (χ0n) is 12.7. The number of hydrogen-bond donors (Lipinski definition) is 1. The molecule has 0 amide bonds. The molecule has 18 heavy (non-hydrogen) atoms. The van der Waals surface area contributed by atoms with Crippen molar-refractivity contribution in [3.8, 4) is 0 Å².